The molecule has 2 aromatic rings. The number of rotatable bonds is 6. The van der Waals surface area contributed by atoms with Crippen LogP contribution in [0.15, 0.2) is 48.5 Å². The lowest BCUT2D eigenvalue weighted by Crippen LogP contribution is -2.50. The first-order valence-corrected chi connectivity index (χ1v) is 12.4. The summed E-state index contributed by atoms with van der Waals surface area (Å²) in [5.41, 5.74) is 2.60. The number of nitrogens with one attached hydrogen (secondary N) is 1. The number of sulfonamides is 1. The van der Waals surface area contributed by atoms with E-state index in [9.17, 15) is 13.2 Å². The zero-order valence-electron chi connectivity index (χ0n) is 18.3. The normalized spacial score (nSPS) is 15.7. The summed E-state index contributed by atoms with van der Waals surface area (Å²) in [7, 11) is -3.44. The number of para-hydroxylation sites is 1. The van der Waals surface area contributed by atoms with Gasteiger partial charge in [-0.2, -0.15) is 4.31 Å². The highest BCUT2D eigenvalue weighted by Gasteiger charge is 2.27. The minimum Gasteiger partial charge on any atom is -0.368 e. The number of hydrogen-bond acceptors (Lipinski definition) is 4. The maximum Gasteiger partial charge on any atom is 0.251 e. The molecule has 1 fully saturated rings. The van der Waals surface area contributed by atoms with E-state index < -0.39 is 10.0 Å². The lowest BCUT2D eigenvalue weighted by Gasteiger charge is -2.35. The molecule has 1 N–H and O–H groups in total. The minimum atomic E-state index is -3.44. The van der Waals surface area contributed by atoms with E-state index in [1.165, 1.54) is 4.31 Å². The van der Waals surface area contributed by atoms with Crippen LogP contribution >= 0.6 is 11.6 Å². The van der Waals surface area contributed by atoms with Crippen LogP contribution in [-0.2, 0) is 15.4 Å². The van der Waals surface area contributed by atoms with E-state index in [0.717, 1.165) is 11.3 Å². The fraction of sp³-hybridized carbons (Fsp3) is 0.435. The number of amides is 1. The Morgan fingerprint density at radius 1 is 1.00 bits per heavy atom. The largest absolute Gasteiger partial charge is 0.368 e. The van der Waals surface area contributed by atoms with Crippen LogP contribution in [0.4, 0.5) is 5.69 Å². The van der Waals surface area contributed by atoms with Gasteiger partial charge in [-0.25, -0.2) is 8.42 Å². The molecule has 0 spiro atoms. The third-order valence-electron chi connectivity index (χ3n) is 5.48. The van der Waals surface area contributed by atoms with Crippen molar-refractivity contribution in [1.29, 1.82) is 0 Å². The first-order chi connectivity index (χ1) is 14.6. The third kappa shape index (κ3) is 5.99. The van der Waals surface area contributed by atoms with Crippen LogP contribution in [0.5, 0.6) is 0 Å². The SMILES string of the molecule is CC(C)(C)c1ccc(C(=O)NCCS(=O)(=O)N2CCN(c3ccccc3Cl)CC2)cc1. The number of anilines is 1. The maximum atomic E-state index is 12.7. The molecule has 0 bridgehead atoms. The maximum absolute atomic E-state index is 12.7. The Morgan fingerprint density at radius 3 is 2.19 bits per heavy atom. The summed E-state index contributed by atoms with van der Waals surface area (Å²) in [5.74, 6) is -0.385. The monoisotopic (exact) mass is 463 g/mol. The molecule has 0 aliphatic carbocycles. The van der Waals surface area contributed by atoms with E-state index in [-0.39, 0.29) is 23.6 Å². The smallest absolute Gasteiger partial charge is 0.251 e. The van der Waals surface area contributed by atoms with E-state index in [2.05, 4.69) is 31.0 Å². The second-order valence-electron chi connectivity index (χ2n) is 8.74. The van der Waals surface area contributed by atoms with Crippen molar-refractivity contribution >= 4 is 33.2 Å². The molecule has 1 aliphatic heterocycles. The first kappa shape index (κ1) is 23.6. The van der Waals surface area contributed by atoms with Crippen LogP contribution < -0.4 is 10.2 Å². The van der Waals surface area contributed by atoms with Gasteiger partial charge in [0.2, 0.25) is 10.0 Å². The highest BCUT2D eigenvalue weighted by molar-refractivity contribution is 7.89. The Bertz CT molecular complexity index is 1010. The first-order valence-electron chi connectivity index (χ1n) is 10.4. The summed E-state index contributed by atoms with van der Waals surface area (Å²) in [6, 6.07) is 15.0. The number of piperazine rings is 1. The Kier molecular flexibility index (Phi) is 7.29. The molecule has 1 aliphatic rings. The molecule has 168 valence electrons. The van der Waals surface area contributed by atoms with Gasteiger partial charge in [0.05, 0.1) is 16.5 Å². The highest BCUT2D eigenvalue weighted by Crippen LogP contribution is 2.26. The van der Waals surface area contributed by atoms with Crippen LogP contribution in [0.25, 0.3) is 0 Å². The molecular weight excluding hydrogens is 434 g/mol. The fourth-order valence-electron chi connectivity index (χ4n) is 3.56. The summed E-state index contributed by atoms with van der Waals surface area (Å²) < 4.78 is 26.9. The number of carbonyl (C=O) groups excluding carboxylic acids is 1. The summed E-state index contributed by atoms with van der Waals surface area (Å²) in [6.07, 6.45) is 0. The lowest BCUT2D eigenvalue weighted by molar-refractivity contribution is 0.0956. The summed E-state index contributed by atoms with van der Waals surface area (Å²) >= 11 is 6.25. The van der Waals surface area contributed by atoms with E-state index in [1.807, 2.05) is 36.4 Å². The molecule has 0 saturated carbocycles. The summed E-state index contributed by atoms with van der Waals surface area (Å²) in [4.78, 5) is 14.5. The van der Waals surface area contributed by atoms with Gasteiger partial charge in [0, 0.05) is 38.3 Å². The number of benzene rings is 2. The fourth-order valence-corrected chi connectivity index (χ4v) is 5.15. The van der Waals surface area contributed by atoms with Gasteiger partial charge in [0.25, 0.3) is 5.91 Å². The topological polar surface area (TPSA) is 69.7 Å². The van der Waals surface area contributed by atoms with Gasteiger partial charge < -0.3 is 10.2 Å². The van der Waals surface area contributed by atoms with Crippen molar-refractivity contribution < 1.29 is 13.2 Å². The van der Waals surface area contributed by atoms with Crippen molar-refractivity contribution in [2.45, 2.75) is 26.2 Å². The van der Waals surface area contributed by atoms with Gasteiger partial charge in [0.15, 0.2) is 0 Å². The Labute approximate surface area is 190 Å². The molecule has 0 aromatic heterocycles. The second-order valence-corrected chi connectivity index (χ2v) is 11.2. The molecule has 3 rings (SSSR count). The van der Waals surface area contributed by atoms with Gasteiger partial charge in [-0.05, 0) is 35.2 Å². The molecule has 8 heteroatoms. The van der Waals surface area contributed by atoms with Crippen LogP contribution in [0.2, 0.25) is 5.02 Å². The van der Waals surface area contributed by atoms with Crippen molar-refractivity contribution in [3.63, 3.8) is 0 Å². The average Bonchev–Trinajstić information content (AvgIpc) is 2.73. The van der Waals surface area contributed by atoms with Gasteiger partial charge in [-0.15, -0.1) is 0 Å². The van der Waals surface area contributed by atoms with E-state index in [1.54, 1.807) is 12.1 Å². The van der Waals surface area contributed by atoms with E-state index in [4.69, 9.17) is 11.6 Å². The Hall–Kier alpha value is -2.09. The van der Waals surface area contributed by atoms with Gasteiger partial charge >= 0.3 is 0 Å². The van der Waals surface area contributed by atoms with Crippen molar-refractivity contribution in [3.8, 4) is 0 Å². The van der Waals surface area contributed by atoms with Gasteiger partial charge in [-0.3, -0.25) is 4.79 Å². The predicted octanol–water partition coefficient (Wildman–Crippen LogP) is 3.52. The molecule has 1 heterocycles. The lowest BCUT2D eigenvalue weighted by atomic mass is 9.87. The molecule has 0 atom stereocenters. The molecule has 0 unspecified atom stereocenters. The highest BCUT2D eigenvalue weighted by atomic mass is 35.5. The van der Waals surface area contributed by atoms with Crippen LogP contribution in [0, 0.1) is 0 Å². The van der Waals surface area contributed by atoms with Crippen molar-refractivity contribution in [1.82, 2.24) is 9.62 Å². The quantitative estimate of drug-likeness (QED) is 0.711. The zero-order chi connectivity index (χ0) is 22.6. The molecular formula is C23H30ClN3O3S. The van der Waals surface area contributed by atoms with Crippen molar-refractivity contribution in [3.05, 3.63) is 64.7 Å². The molecule has 1 amide bonds. The summed E-state index contributed by atoms with van der Waals surface area (Å²) in [6.45, 7) is 8.37. The standard InChI is InChI=1S/C23H30ClN3O3S/c1-23(2,3)19-10-8-18(9-11-19)22(28)25-12-17-31(29,30)27-15-13-26(14-16-27)21-7-5-4-6-20(21)24/h4-11H,12-17H2,1-3H3,(H,25,28). The number of halogens is 1. The van der Waals surface area contributed by atoms with Crippen LogP contribution in [0.3, 0.4) is 0 Å². The molecule has 6 nitrogen and oxygen atoms in total. The van der Waals surface area contributed by atoms with Crippen molar-refractivity contribution in [2.75, 3.05) is 43.4 Å². The number of carbonyl (C=O) groups is 1. The van der Waals surface area contributed by atoms with E-state index in [0.29, 0.717) is 36.8 Å². The third-order valence-corrected chi connectivity index (χ3v) is 7.68. The zero-order valence-corrected chi connectivity index (χ0v) is 19.8. The Morgan fingerprint density at radius 2 is 1.61 bits per heavy atom. The van der Waals surface area contributed by atoms with Crippen LogP contribution in [0.1, 0.15) is 36.7 Å². The Balaban J connectivity index is 1.49. The number of nitrogens with zero attached hydrogens (tertiary/aromatic N) is 2. The van der Waals surface area contributed by atoms with Gasteiger partial charge in [0.1, 0.15) is 0 Å². The van der Waals surface area contributed by atoms with E-state index >= 15 is 0 Å². The average molecular weight is 464 g/mol. The van der Waals surface area contributed by atoms with Crippen molar-refractivity contribution in [2.24, 2.45) is 0 Å². The van der Waals surface area contributed by atoms with Crippen LogP contribution in [-0.4, -0.2) is 57.1 Å². The minimum absolute atomic E-state index is 0.0128. The number of hydrogen-bond donors (Lipinski definition) is 1. The predicted molar refractivity (Wildman–Crippen MR) is 127 cm³/mol. The molecule has 1 saturated heterocycles. The molecule has 2 aromatic carbocycles. The molecule has 31 heavy (non-hydrogen) atoms. The molecule has 0 radical (unpaired) electrons. The summed E-state index contributed by atoms with van der Waals surface area (Å²) in [5, 5.41) is 3.39. The second kappa shape index (κ2) is 9.59. The van der Waals surface area contributed by atoms with Gasteiger partial charge in [-0.1, -0.05) is 56.6 Å².